The Balaban J connectivity index is 2.22. The Kier molecular flexibility index (Phi) is 2.36. The minimum Gasteiger partial charge on any atom is -0.480 e. The van der Waals surface area contributed by atoms with Crippen molar-refractivity contribution >= 4 is 17.5 Å². The predicted molar refractivity (Wildman–Crippen MR) is 54.4 cm³/mol. The van der Waals surface area contributed by atoms with Gasteiger partial charge in [-0.3, -0.25) is 0 Å². The highest BCUT2D eigenvalue weighted by atomic mass is 32.1. The first kappa shape index (κ1) is 9.01. The van der Waals surface area contributed by atoms with Crippen molar-refractivity contribution in [2.24, 2.45) is 0 Å². The molecule has 0 aliphatic carbocycles. The van der Waals surface area contributed by atoms with Crippen LogP contribution in [0.15, 0.2) is 17.8 Å². The quantitative estimate of drug-likeness (QED) is 0.820. The molecule has 0 fully saturated rings. The summed E-state index contributed by atoms with van der Waals surface area (Å²) in [7, 11) is 1.61. The number of aromatic nitrogens is 3. The van der Waals surface area contributed by atoms with E-state index < -0.39 is 0 Å². The van der Waals surface area contributed by atoms with Crippen LogP contribution in [0.5, 0.6) is 5.88 Å². The van der Waals surface area contributed by atoms with Crippen molar-refractivity contribution in [1.82, 2.24) is 13.9 Å². The number of hydrogen-bond acceptors (Lipinski definition) is 5. The molecule has 0 aliphatic rings. The van der Waals surface area contributed by atoms with E-state index in [2.05, 4.69) is 9.36 Å². The van der Waals surface area contributed by atoms with Gasteiger partial charge in [0.05, 0.1) is 13.7 Å². The van der Waals surface area contributed by atoms with Crippen LogP contribution >= 0.6 is 11.5 Å². The Bertz CT molecular complexity index is 422. The molecule has 2 aromatic heterocycles. The molecule has 14 heavy (non-hydrogen) atoms. The third-order valence-corrected chi connectivity index (χ3v) is 2.55. The van der Waals surface area contributed by atoms with Crippen LogP contribution in [0.1, 0.15) is 5.56 Å². The van der Waals surface area contributed by atoms with Crippen molar-refractivity contribution in [3.8, 4) is 5.88 Å². The summed E-state index contributed by atoms with van der Waals surface area (Å²) >= 11 is 1.37. The van der Waals surface area contributed by atoms with Gasteiger partial charge in [-0.2, -0.15) is 4.37 Å². The number of methoxy groups -OCH3 is 1. The average molecular weight is 210 g/mol. The zero-order chi connectivity index (χ0) is 9.97. The van der Waals surface area contributed by atoms with Crippen molar-refractivity contribution in [2.75, 3.05) is 12.8 Å². The Labute approximate surface area is 85.3 Å². The molecule has 0 saturated carbocycles. The summed E-state index contributed by atoms with van der Waals surface area (Å²) in [5.41, 5.74) is 6.66. The van der Waals surface area contributed by atoms with Crippen LogP contribution in [0, 0.1) is 0 Å². The molecular weight excluding hydrogens is 200 g/mol. The number of ether oxygens (including phenoxy) is 1. The monoisotopic (exact) mass is 210 g/mol. The molecule has 2 aromatic rings. The Morgan fingerprint density at radius 2 is 2.50 bits per heavy atom. The minimum atomic E-state index is 0.498. The zero-order valence-corrected chi connectivity index (χ0v) is 8.49. The summed E-state index contributed by atoms with van der Waals surface area (Å²) in [5, 5.41) is 1.94. The van der Waals surface area contributed by atoms with E-state index in [-0.39, 0.29) is 0 Å². The fourth-order valence-corrected chi connectivity index (χ4v) is 1.82. The van der Waals surface area contributed by atoms with Crippen LogP contribution in [-0.4, -0.2) is 21.0 Å². The Hall–Kier alpha value is -1.56. The molecule has 74 valence electrons. The van der Waals surface area contributed by atoms with Gasteiger partial charge in [-0.15, -0.1) is 0 Å². The first-order valence-corrected chi connectivity index (χ1v) is 4.88. The van der Waals surface area contributed by atoms with Crippen molar-refractivity contribution in [2.45, 2.75) is 6.54 Å². The highest BCUT2D eigenvalue weighted by molar-refractivity contribution is 7.03. The molecule has 0 atom stereocenters. The Morgan fingerprint density at radius 3 is 3.14 bits per heavy atom. The highest BCUT2D eigenvalue weighted by Crippen LogP contribution is 2.20. The van der Waals surface area contributed by atoms with Gasteiger partial charge in [0.15, 0.2) is 5.95 Å². The summed E-state index contributed by atoms with van der Waals surface area (Å²) in [4.78, 5) is 3.94. The van der Waals surface area contributed by atoms with Gasteiger partial charge in [0.25, 0.3) is 0 Å². The molecule has 0 aliphatic heterocycles. The number of rotatable bonds is 3. The van der Waals surface area contributed by atoms with Crippen molar-refractivity contribution in [1.29, 1.82) is 0 Å². The number of nitrogens with zero attached hydrogens (tertiary/aromatic N) is 3. The van der Waals surface area contributed by atoms with Crippen molar-refractivity contribution < 1.29 is 4.74 Å². The van der Waals surface area contributed by atoms with Crippen LogP contribution < -0.4 is 10.5 Å². The van der Waals surface area contributed by atoms with Gasteiger partial charge in [0.2, 0.25) is 5.88 Å². The maximum Gasteiger partial charge on any atom is 0.229 e. The third kappa shape index (κ3) is 1.56. The summed E-state index contributed by atoms with van der Waals surface area (Å²) in [6.07, 6.45) is 3.49. The topological polar surface area (TPSA) is 66.0 Å². The van der Waals surface area contributed by atoms with Crippen LogP contribution in [0.4, 0.5) is 5.95 Å². The highest BCUT2D eigenvalue weighted by Gasteiger charge is 2.07. The lowest BCUT2D eigenvalue weighted by Crippen LogP contribution is -2.03. The lowest BCUT2D eigenvalue weighted by Gasteiger charge is -2.03. The fourth-order valence-electron chi connectivity index (χ4n) is 1.18. The van der Waals surface area contributed by atoms with E-state index in [1.54, 1.807) is 13.3 Å². The summed E-state index contributed by atoms with van der Waals surface area (Å²) in [5.74, 6) is 1.15. The van der Waals surface area contributed by atoms with E-state index in [1.807, 2.05) is 16.1 Å². The standard InChI is InChI=1S/C8H10N4OS/c1-13-7-6(5-14-11-7)4-12-3-2-10-8(12)9/h2-3,5H,4H2,1H3,(H2,9,10). The summed E-state index contributed by atoms with van der Waals surface area (Å²) in [6.45, 7) is 0.644. The molecule has 0 amide bonds. The minimum absolute atomic E-state index is 0.498. The lowest BCUT2D eigenvalue weighted by molar-refractivity contribution is 0.396. The van der Waals surface area contributed by atoms with Gasteiger partial charge in [-0.05, 0) is 11.5 Å². The summed E-state index contributed by atoms with van der Waals surface area (Å²) < 4.78 is 11.0. The number of anilines is 1. The first-order valence-electron chi connectivity index (χ1n) is 4.05. The predicted octanol–water partition coefficient (Wildman–Crippen LogP) is 0.979. The maximum absolute atomic E-state index is 5.64. The fraction of sp³-hybridized carbons (Fsp3) is 0.250. The third-order valence-electron chi connectivity index (χ3n) is 1.89. The van der Waals surface area contributed by atoms with Gasteiger partial charge in [-0.1, -0.05) is 0 Å². The second kappa shape index (κ2) is 3.67. The van der Waals surface area contributed by atoms with Gasteiger partial charge in [0, 0.05) is 23.3 Å². The van der Waals surface area contributed by atoms with Crippen molar-refractivity contribution in [3.05, 3.63) is 23.3 Å². The second-order valence-corrected chi connectivity index (χ2v) is 3.39. The zero-order valence-electron chi connectivity index (χ0n) is 7.67. The van der Waals surface area contributed by atoms with Gasteiger partial charge in [0.1, 0.15) is 0 Å². The van der Waals surface area contributed by atoms with E-state index >= 15 is 0 Å². The SMILES string of the molecule is COc1nscc1Cn1ccnc1N. The van der Waals surface area contributed by atoms with Gasteiger partial charge < -0.3 is 15.0 Å². The van der Waals surface area contributed by atoms with Gasteiger partial charge in [-0.25, -0.2) is 4.98 Å². The molecule has 0 radical (unpaired) electrons. The van der Waals surface area contributed by atoms with E-state index in [4.69, 9.17) is 10.5 Å². The van der Waals surface area contributed by atoms with E-state index in [9.17, 15) is 0 Å². The van der Waals surface area contributed by atoms with E-state index in [0.29, 0.717) is 18.4 Å². The van der Waals surface area contributed by atoms with Crippen molar-refractivity contribution in [3.63, 3.8) is 0 Å². The van der Waals surface area contributed by atoms with E-state index in [0.717, 1.165) is 5.56 Å². The summed E-state index contributed by atoms with van der Waals surface area (Å²) in [6, 6.07) is 0. The molecule has 2 rings (SSSR count). The smallest absolute Gasteiger partial charge is 0.229 e. The molecule has 2 heterocycles. The largest absolute Gasteiger partial charge is 0.480 e. The maximum atomic E-state index is 5.64. The molecule has 6 heteroatoms. The van der Waals surface area contributed by atoms with Crippen LogP contribution in [-0.2, 0) is 6.54 Å². The first-order chi connectivity index (χ1) is 6.81. The molecular formula is C8H10N4OS. The second-order valence-electron chi connectivity index (χ2n) is 2.76. The molecule has 0 unspecified atom stereocenters. The normalized spacial score (nSPS) is 10.4. The number of nitrogens with two attached hydrogens (primary N) is 1. The van der Waals surface area contributed by atoms with E-state index in [1.165, 1.54) is 11.5 Å². The molecule has 0 saturated heterocycles. The molecule has 2 N–H and O–H groups in total. The Morgan fingerprint density at radius 1 is 1.64 bits per heavy atom. The van der Waals surface area contributed by atoms with Crippen LogP contribution in [0.2, 0.25) is 0 Å². The van der Waals surface area contributed by atoms with Crippen LogP contribution in [0.25, 0.3) is 0 Å². The van der Waals surface area contributed by atoms with Crippen LogP contribution in [0.3, 0.4) is 0 Å². The lowest BCUT2D eigenvalue weighted by atomic mass is 10.3. The molecule has 0 aromatic carbocycles. The average Bonchev–Trinajstić information content (AvgIpc) is 2.77. The molecule has 5 nitrogen and oxygen atoms in total. The van der Waals surface area contributed by atoms with Gasteiger partial charge >= 0.3 is 0 Å². The molecule has 0 bridgehead atoms. The number of imidazole rings is 1. The number of nitrogen functional groups attached to an aromatic ring is 1. The number of hydrogen-bond donors (Lipinski definition) is 1. The molecule has 0 spiro atoms.